The molecule has 0 bridgehead atoms. The maximum Gasteiger partial charge on any atom is 0.295 e. The first-order valence-corrected chi connectivity index (χ1v) is 6.22. The van der Waals surface area contributed by atoms with Crippen molar-refractivity contribution >= 4 is 27.3 Å². The van der Waals surface area contributed by atoms with E-state index in [1.165, 1.54) is 6.07 Å². The highest BCUT2D eigenvalue weighted by Gasteiger charge is 2.27. The standard InChI is InChI=1S/C11H9BrFN3O3/c12-8-3-10(11(16(17)18)4-9(8)13)15-1-2-19-7(5-14)6-15/h3-4,7H,1-2,6H2. The lowest BCUT2D eigenvalue weighted by atomic mass is 10.2. The molecule has 0 amide bonds. The van der Waals surface area contributed by atoms with Gasteiger partial charge in [0.05, 0.1) is 34.7 Å². The van der Waals surface area contributed by atoms with Crippen LogP contribution in [0.1, 0.15) is 0 Å². The second kappa shape index (κ2) is 5.50. The van der Waals surface area contributed by atoms with E-state index < -0.39 is 16.8 Å². The summed E-state index contributed by atoms with van der Waals surface area (Å²) in [5, 5.41) is 19.8. The average Bonchev–Trinajstić information content (AvgIpc) is 2.41. The van der Waals surface area contributed by atoms with Gasteiger partial charge in [0.2, 0.25) is 0 Å². The Morgan fingerprint density at radius 1 is 1.63 bits per heavy atom. The van der Waals surface area contributed by atoms with E-state index in [1.807, 2.05) is 6.07 Å². The molecule has 1 atom stereocenters. The van der Waals surface area contributed by atoms with Crippen molar-refractivity contribution in [3.05, 3.63) is 32.5 Å². The van der Waals surface area contributed by atoms with E-state index in [4.69, 9.17) is 10.00 Å². The molecule has 1 aromatic carbocycles. The van der Waals surface area contributed by atoms with Gasteiger partial charge in [0.1, 0.15) is 11.5 Å². The number of benzene rings is 1. The predicted octanol–water partition coefficient (Wildman–Crippen LogP) is 2.23. The van der Waals surface area contributed by atoms with Gasteiger partial charge in [0, 0.05) is 6.54 Å². The molecule has 0 saturated carbocycles. The number of nitriles is 1. The van der Waals surface area contributed by atoms with Gasteiger partial charge in [0.15, 0.2) is 6.10 Å². The molecule has 19 heavy (non-hydrogen) atoms. The van der Waals surface area contributed by atoms with Crippen LogP contribution < -0.4 is 4.90 Å². The van der Waals surface area contributed by atoms with Crippen LogP contribution in [0.15, 0.2) is 16.6 Å². The molecule has 1 aromatic rings. The molecule has 1 saturated heterocycles. The second-order valence-corrected chi connectivity index (χ2v) is 4.80. The second-order valence-electron chi connectivity index (χ2n) is 3.95. The number of halogens is 2. The Labute approximate surface area is 116 Å². The Kier molecular flexibility index (Phi) is 3.97. The van der Waals surface area contributed by atoms with Gasteiger partial charge in [-0.3, -0.25) is 10.1 Å². The molecule has 1 aliphatic heterocycles. The zero-order chi connectivity index (χ0) is 14.0. The molecular formula is C11H9BrFN3O3. The van der Waals surface area contributed by atoms with E-state index in [0.717, 1.165) is 6.07 Å². The Hall–Kier alpha value is -1.72. The smallest absolute Gasteiger partial charge is 0.295 e. The number of anilines is 1. The summed E-state index contributed by atoms with van der Waals surface area (Å²) in [6.07, 6.45) is -0.641. The first-order valence-electron chi connectivity index (χ1n) is 5.42. The van der Waals surface area contributed by atoms with Crippen LogP contribution in [0, 0.1) is 27.3 Å². The predicted molar refractivity (Wildman–Crippen MR) is 68.3 cm³/mol. The Balaban J connectivity index is 2.40. The quantitative estimate of drug-likeness (QED) is 0.614. The lowest BCUT2D eigenvalue weighted by Crippen LogP contribution is -2.42. The summed E-state index contributed by atoms with van der Waals surface area (Å²) >= 11 is 3.01. The Morgan fingerprint density at radius 3 is 3.00 bits per heavy atom. The summed E-state index contributed by atoms with van der Waals surface area (Å²) in [6.45, 7) is 0.927. The van der Waals surface area contributed by atoms with Gasteiger partial charge in [-0.15, -0.1) is 0 Å². The van der Waals surface area contributed by atoms with Gasteiger partial charge in [-0.25, -0.2) is 4.39 Å². The van der Waals surface area contributed by atoms with Crippen molar-refractivity contribution in [2.45, 2.75) is 6.10 Å². The van der Waals surface area contributed by atoms with Crippen molar-refractivity contribution in [2.24, 2.45) is 0 Å². The van der Waals surface area contributed by atoms with Gasteiger partial charge in [-0.05, 0) is 22.0 Å². The van der Waals surface area contributed by atoms with Crippen molar-refractivity contribution in [3.8, 4) is 6.07 Å². The molecule has 0 aliphatic carbocycles. The van der Waals surface area contributed by atoms with Gasteiger partial charge in [-0.1, -0.05) is 0 Å². The van der Waals surface area contributed by atoms with E-state index in [-0.39, 0.29) is 22.4 Å². The van der Waals surface area contributed by atoms with Crippen LogP contribution in [0.4, 0.5) is 15.8 Å². The number of nitro groups is 1. The zero-order valence-corrected chi connectivity index (χ0v) is 11.3. The van der Waals surface area contributed by atoms with E-state index in [9.17, 15) is 14.5 Å². The highest BCUT2D eigenvalue weighted by Crippen LogP contribution is 2.34. The van der Waals surface area contributed by atoms with E-state index in [1.54, 1.807) is 4.90 Å². The molecule has 2 rings (SSSR count). The first-order chi connectivity index (χ1) is 9.02. The third-order valence-corrected chi connectivity index (χ3v) is 3.37. The van der Waals surface area contributed by atoms with Gasteiger partial charge >= 0.3 is 0 Å². The largest absolute Gasteiger partial charge is 0.360 e. The topological polar surface area (TPSA) is 79.4 Å². The number of nitrogens with zero attached hydrogens (tertiary/aromatic N) is 3. The highest BCUT2D eigenvalue weighted by molar-refractivity contribution is 9.10. The molecule has 1 unspecified atom stereocenters. The zero-order valence-electron chi connectivity index (χ0n) is 9.68. The normalized spacial score (nSPS) is 19.0. The molecule has 100 valence electrons. The van der Waals surface area contributed by atoms with Crippen molar-refractivity contribution in [2.75, 3.05) is 24.6 Å². The molecule has 6 nitrogen and oxygen atoms in total. The van der Waals surface area contributed by atoms with Crippen molar-refractivity contribution in [1.82, 2.24) is 0 Å². The fraction of sp³-hybridized carbons (Fsp3) is 0.364. The molecule has 8 heteroatoms. The Morgan fingerprint density at radius 2 is 2.37 bits per heavy atom. The van der Waals surface area contributed by atoms with Crippen LogP contribution in [0.5, 0.6) is 0 Å². The minimum absolute atomic E-state index is 0.146. The molecular weight excluding hydrogens is 321 g/mol. The fourth-order valence-corrected chi connectivity index (χ4v) is 2.20. The summed E-state index contributed by atoms with van der Waals surface area (Å²) in [4.78, 5) is 12.0. The highest BCUT2D eigenvalue weighted by atomic mass is 79.9. The molecule has 1 aliphatic rings. The van der Waals surface area contributed by atoms with E-state index >= 15 is 0 Å². The van der Waals surface area contributed by atoms with Crippen LogP contribution >= 0.6 is 15.9 Å². The van der Waals surface area contributed by atoms with Gasteiger partial charge in [0.25, 0.3) is 5.69 Å². The minimum Gasteiger partial charge on any atom is -0.360 e. The molecule has 1 fully saturated rings. The summed E-state index contributed by atoms with van der Waals surface area (Å²) in [5.74, 6) is -0.694. The lowest BCUT2D eigenvalue weighted by molar-refractivity contribution is -0.384. The van der Waals surface area contributed by atoms with E-state index in [0.29, 0.717) is 13.2 Å². The molecule has 0 radical (unpaired) electrons. The van der Waals surface area contributed by atoms with Crippen LogP contribution in [0.3, 0.4) is 0 Å². The molecule has 0 spiro atoms. The fourth-order valence-electron chi connectivity index (χ4n) is 1.87. The number of rotatable bonds is 2. The van der Waals surface area contributed by atoms with Crippen molar-refractivity contribution in [1.29, 1.82) is 5.26 Å². The number of ether oxygens (including phenoxy) is 1. The number of hydrogen-bond donors (Lipinski definition) is 0. The lowest BCUT2D eigenvalue weighted by Gasteiger charge is -2.31. The summed E-state index contributed by atoms with van der Waals surface area (Å²) in [6, 6.07) is 4.18. The third kappa shape index (κ3) is 2.83. The van der Waals surface area contributed by atoms with Crippen molar-refractivity contribution < 1.29 is 14.1 Å². The van der Waals surface area contributed by atoms with Crippen LogP contribution in [0.25, 0.3) is 0 Å². The molecule has 0 aromatic heterocycles. The summed E-state index contributed by atoms with van der Waals surface area (Å²) in [5.41, 5.74) is -0.0406. The van der Waals surface area contributed by atoms with Gasteiger partial charge in [-0.2, -0.15) is 5.26 Å². The average molecular weight is 330 g/mol. The summed E-state index contributed by atoms with van der Waals surface area (Å²) < 4.78 is 18.7. The molecule has 0 N–H and O–H groups in total. The van der Waals surface area contributed by atoms with Crippen LogP contribution in [0.2, 0.25) is 0 Å². The minimum atomic E-state index is -0.694. The monoisotopic (exact) mass is 329 g/mol. The number of nitro benzene ring substituents is 1. The van der Waals surface area contributed by atoms with Crippen LogP contribution in [-0.4, -0.2) is 30.7 Å². The third-order valence-electron chi connectivity index (χ3n) is 2.77. The van der Waals surface area contributed by atoms with Crippen LogP contribution in [-0.2, 0) is 4.74 Å². The summed E-state index contributed by atoms with van der Waals surface area (Å²) in [7, 11) is 0. The van der Waals surface area contributed by atoms with Crippen molar-refractivity contribution in [3.63, 3.8) is 0 Å². The molecule has 1 heterocycles. The maximum absolute atomic E-state index is 13.4. The number of morpholine rings is 1. The SMILES string of the molecule is N#CC1CN(c2cc(Br)c(F)cc2[N+](=O)[O-])CCO1. The maximum atomic E-state index is 13.4. The number of hydrogen-bond acceptors (Lipinski definition) is 5. The Bertz CT molecular complexity index is 561. The first kappa shape index (κ1) is 13.7. The van der Waals surface area contributed by atoms with E-state index in [2.05, 4.69) is 15.9 Å². The van der Waals surface area contributed by atoms with Gasteiger partial charge < -0.3 is 9.64 Å².